The predicted octanol–water partition coefficient (Wildman–Crippen LogP) is -0.359. The first kappa shape index (κ1) is 3.92. The Balaban J connectivity index is 4.65. The Morgan fingerprint density at radius 3 is 1.00 bits per heavy atom. The summed E-state index contributed by atoms with van der Waals surface area (Å²) in [5.41, 5.74) is 0. The van der Waals surface area contributed by atoms with Crippen LogP contribution in [0.3, 0.4) is 0 Å². The number of rotatable bonds is 0. The van der Waals surface area contributed by atoms with E-state index in [2.05, 4.69) is 0 Å². The van der Waals surface area contributed by atoms with E-state index in [4.69, 9.17) is 11.5 Å². The van der Waals surface area contributed by atoms with E-state index in [1.807, 2.05) is 0 Å². The van der Waals surface area contributed by atoms with Gasteiger partial charge >= 0.3 is 25.2 Å². The van der Waals surface area contributed by atoms with Crippen LogP contribution in [-0.4, -0.2) is 0 Å². The summed E-state index contributed by atoms with van der Waals surface area (Å²) in [7, 11) is 0. The summed E-state index contributed by atoms with van der Waals surface area (Å²) in [5, 5.41) is 0. The topological polar surface area (TPSA) is 51.2 Å². The van der Waals surface area contributed by atoms with E-state index in [0.29, 0.717) is 0 Å². The third kappa shape index (κ3) is 250. The van der Waals surface area contributed by atoms with E-state index in [1.54, 1.807) is 0 Å². The van der Waals surface area contributed by atoms with Crippen molar-refractivity contribution in [3.05, 3.63) is 0 Å². The quantitative estimate of drug-likeness (QED) is 0.401. The fraction of sp³-hybridized carbons (Fsp3) is 0. The van der Waals surface area contributed by atoms with Gasteiger partial charge in [-0.25, -0.2) is 0 Å². The third-order valence-corrected chi connectivity index (χ3v) is 0. The van der Waals surface area contributed by atoms with Crippen LogP contribution in [0.5, 0.6) is 0 Å². The fourth-order valence-electron chi connectivity index (χ4n) is 0. The van der Waals surface area contributed by atoms with Gasteiger partial charge in [0.1, 0.15) is 0 Å². The molecule has 4 heavy (non-hydrogen) atoms. The SMILES string of the molecule is [O]=[Cu](=[O])=[O]. The molecule has 0 atom stereocenters. The Kier molecular flexibility index (Phi) is 1.24. The molecule has 0 saturated carbocycles. The van der Waals surface area contributed by atoms with Gasteiger partial charge in [0.25, 0.3) is 0 Å². The second-order valence-electron chi connectivity index (χ2n) is 0.151. The molecule has 0 aliphatic carbocycles. The van der Waals surface area contributed by atoms with Crippen molar-refractivity contribution in [2.45, 2.75) is 0 Å². The second kappa shape index (κ2) is 1.26. The molecule has 0 aromatic heterocycles. The zero-order valence-electron chi connectivity index (χ0n) is 1.53. The van der Waals surface area contributed by atoms with Crippen LogP contribution in [0.15, 0.2) is 0 Å². The van der Waals surface area contributed by atoms with E-state index in [0.717, 1.165) is 0 Å². The molecule has 0 aromatic carbocycles. The third-order valence-electron chi connectivity index (χ3n) is 0. The van der Waals surface area contributed by atoms with Crippen LogP contribution in [0.4, 0.5) is 0 Å². The summed E-state index contributed by atoms with van der Waals surface area (Å²) in [6.45, 7) is 0. The second-order valence-corrected chi connectivity index (χ2v) is 0.622. The van der Waals surface area contributed by atoms with E-state index < -0.39 is 13.7 Å². The first-order chi connectivity index (χ1) is 1.73. The zero-order chi connectivity index (χ0) is 3.58. The van der Waals surface area contributed by atoms with Gasteiger partial charge in [-0.1, -0.05) is 0 Å². The van der Waals surface area contributed by atoms with Crippen molar-refractivity contribution in [3.63, 3.8) is 0 Å². The molecule has 0 N–H and O–H groups in total. The molecule has 0 aromatic rings. The van der Waals surface area contributed by atoms with Crippen LogP contribution in [0, 0.1) is 0 Å². The first-order valence-corrected chi connectivity index (χ1v) is 1.52. The zero-order valence-corrected chi connectivity index (χ0v) is 2.47. The molecule has 0 heterocycles. The molecule has 0 amide bonds. The average Bonchev–Trinajstić information content (AvgIpc) is 0.811. The molecule has 3 nitrogen and oxygen atoms in total. The van der Waals surface area contributed by atoms with E-state index in [9.17, 15) is 0 Å². The van der Waals surface area contributed by atoms with Crippen molar-refractivity contribution < 1.29 is 25.2 Å². The number of hydrogen-bond donors (Lipinski definition) is 0. The van der Waals surface area contributed by atoms with Crippen LogP contribution in [0.1, 0.15) is 0 Å². The van der Waals surface area contributed by atoms with Gasteiger partial charge in [0, 0.05) is 0 Å². The molecule has 0 aliphatic heterocycles. The summed E-state index contributed by atoms with van der Waals surface area (Å²) in [6.07, 6.45) is 0. The molecule has 0 radical (unpaired) electrons. The van der Waals surface area contributed by atoms with Crippen LogP contribution in [-0.2, 0) is 25.2 Å². The van der Waals surface area contributed by atoms with Crippen molar-refractivity contribution in [2.24, 2.45) is 0 Å². The van der Waals surface area contributed by atoms with E-state index >= 15 is 0 Å². The standard InChI is InChI=1S/Cu.3O. The van der Waals surface area contributed by atoms with Gasteiger partial charge in [-0.05, 0) is 0 Å². The van der Waals surface area contributed by atoms with Crippen LogP contribution >= 0.6 is 0 Å². The van der Waals surface area contributed by atoms with Crippen molar-refractivity contribution in [2.75, 3.05) is 0 Å². The minimum atomic E-state index is -3.06. The van der Waals surface area contributed by atoms with E-state index in [-0.39, 0.29) is 0 Å². The molecule has 4 heteroatoms. The molecule has 0 aliphatic rings. The molecule has 0 saturated heterocycles. The predicted molar refractivity (Wildman–Crippen MR) is 2.06 cm³/mol. The van der Waals surface area contributed by atoms with Gasteiger partial charge in [-0.3, -0.25) is 0 Å². The van der Waals surface area contributed by atoms with Gasteiger partial charge in [0.05, 0.1) is 0 Å². The van der Waals surface area contributed by atoms with Crippen LogP contribution in [0.2, 0.25) is 0 Å². The summed E-state index contributed by atoms with van der Waals surface area (Å²) < 4.78 is 25.3. The van der Waals surface area contributed by atoms with Crippen molar-refractivity contribution in [1.82, 2.24) is 0 Å². The van der Waals surface area contributed by atoms with Gasteiger partial charge in [0.15, 0.2) is 0 Å². The van der Waals surface area contributed by atoms with E-state index in [1.165, 1.54) is 0 Å². The number of hydrogen-bond acceptors (Lipinski definition) is 3. The minimum absolute atomic E-state index is 3.06. The van der Waals surface area contributed by atoms with Crippen molar-refractivity contribution >= 4 is 0 Å². The Hall–Kier alpha value is -0.0805. The molecule has 0 rings (SSSR count). The maximum absolute atomic E-state index is 8.44. The van der Waals surface area contributed by atoms with Crippen LogP contribution in [0.25, 0.3) is 0 Å². The van der Waals surface area contributed by atoms with Gasteiger partial charge in [0.2, 0.25) is 0 Å². The van der Waals surface area contributed by atoms with Crippen molar-refractivity contribution in [3.8, 4) is 0 Å². The Morgan fingerprint density at radius 2 is 1.00 bits per heavy atom. The summed E-state index contributed by atoms with van der Waals surface area (Å²) in [6, 6.07) is 0. The molecular formula is CuO3. The first-order valence-electron chi connectivity index (χ1n) is 0.369. The molecule has 0 fully saturated rings. The average molecular weight is 112 g/mol. The van der Waals surface area contributed by atoms with Gasteiger partial charge < -0.3 is 0 Å². The van der Waals surface area contributed by atoms with Crippen molar-refractivity contribution in [1.29, 1.82) is 0 Å². The molecule has 0 unspecified atom stereocenters. The Morgan fingerprint density at radius 1 is 1.00 bits per heavy atom. The van der Waals surface area contributed by atoms with Gasteiger partial charge in [-0.15, -0.1) is 0 Å². The summed E-state index contributed by atoms with van der Waals surface area (Å²) in [5.74, 6) is 0. The fourth-order valence-corrected chi connectivity index (χ4v) is 0. The molecule has 0 bridgehead atoms. The maximum atomic E-state index is 8.44. The van der Waals surface area contributed by atoms with Crippen LogP contribution < -0.4 is 0 Å². The molecular weight excluding hydrogens is 112 g/mol. The van der Waals surface area contributed by atoms with Gasteiger partial charge in [-0.2, -0.15) is 0 Å². The Bertz CT molecular complexity index is 72.7. The Labute approximate surface area is 26.1 Å². The molecule has 29 valence electrons. The monoisotopic (exact) mass is 111 g/mol. The summed E-state index contributed by atoms with van der Waals surface area (Å²) >= 11 is -3.06. The summed E-state index contributed by atoms with van der Waals surface area (Å²) in [4.78, 5) is 0. The molecule has 0 spiro atoms. The normalized spacial score (nSPS) is 10.5.